The van der Waals surface area contributed by atoms with E-state index >= 15 is 0 Å². The second-order valence-corrected chi connectivity index (χ2v) is 5.63. The fraction of sp³-hybridized carbons (Fsp3) is 0.294. The Morgan fingerprint density at radius 2 is 1.95 bits per heavy atom. The van der Waals surface area contributed by atoms with Crippen LogP contribution in [0.2, 0.25) is 0 Å². The van der Waals surface area contributed by atoms with Gasteiger partial charge in [0.25, 0.3) is 0 Å². The zero-order valence-electron chi connectivity index (χ0n) is 13.1. The molecule has 0 saturated carbocycles. The lowest BCUT2D eigenvalue weighted by molar-refractivity contribution is -0.130. The summed E-state index contributed by atoms with van der Waals surface area (Å²) in [7, 11) is 0. The van der Waals surface area contributed by atoms with E-state index in [1.165, 1.54) is 12.2 Å². The number of allylic oxidation sites excluding steroid dienone is 2. The quantitative estimate of drug-likeness (QED) is 0.646. The van der Waals surface area contributed by atoms with Crippen LogP contribution in [-0.2, 0) is 16.1 Å². The molecule has 22 heavy (non-hydrogen) atoms. The molecule has 0 aliphatic carbocycles. The molecule has 118 valence electrons. The second kappa shape index (κ2) is 7.45. The van der Waals surface area contributed by atoms with Crippen molar-refractivity contribution in [3.63, 3.8) is 0 Å². The van der Waals surface area contributed by atoms with Gasteiger partial charge in [0.05, 0.1) is 5.57 Å². The van der Waals surface area contributed by atoms with E-state index in [1.807, 2.05) is 0 Å². The first-order chi connectivity index (χ1) is 10.2. The van der Waals surface area contributed by atoms with E-state index in [0.29, 0.717) is 11.1 Å². The maximum atomic E-state index is 11.7. The van der Waals surface area contributed by atoms with Crippen LogP contribution in [-0.4, -0.2) is 22.8 Å². The molecule has 1 rings (SSSR count). The van der Waals surface area contributed by atoms with Crippen molar-refractivity contribution < 1.29 is 19.4 Å². The monoisotopic (exact) mass is 303 g/mol. The first-order valence-corrected chi connectivity index (χ1v) is 6.85. The van der Waals surface area contributed by atoms with Gasteiger partial charge in [-0.1, -0.05) is 36.9 Å². The van der Waals surface area contributed by atoms with Crippen molar-refractivity contribution in [2.24, 2.45) is 0 Å². The number of ether oxygens (including phenoxy) is 1. The Kier molecular flexibility index (Phi) is 5.92. The highest BCUT2D eigenvalue weighted by molar-refractivity contribution is 6.16. The minimum atomic E-state index is -1.05. The molecule has 0 aromatic heterocycles. The predicted octanol–water partition coefficient (Wildman–Crippen LogP) is 3.37. The van der Waals surface area contributed by atoms with E-state index in [0.717, 1.165) is 0 Å². The smallest absolute Gasteiger partial charge is 0.407 e. The van der Waals surface area contributed by atoms with Gasteiger partial charge in [0.15, 0.2) is 0 Å². The molecule has 0 saturated heterocycles. The van der Waals surface area contributed by atoms with Crippen molar-refractivity contribution in [3.8, 4) is 0 Å². The van der Waals surface area contributed by atoms with E-state index in [-0.39, 0.29) is 12.1 Å². The Balaban J connectivity index is 2.93. The molecule has 2 N–H and O–H groups in total. The standard InChI is InChI=1S/C17H21NO4/c1-5-8-14(15(19)20)13-10-7-6-9-12(13)11-18-16(21)22-17(2,3)4/h5-10H,1,11H2,2-4H3,(H,18,21)(H,19,20)/b14-8+. The van der Waals surface area contributed by atoms with Crippen LogP contribution >= 0.6 is 0 Å². The number of carboxylic acid groups (broad SMARTS) is 1. The third kappa shape index (κ3) is 5.44. The van der Waals surface area contributed by atoms with E-state index < -0.39 is 17.7 Å². The average Bonchev–Trinajstić information content (AvgIpc) is 2.41. The molecule has 0 unspecified atom stereocenters. The lowest BCUT2D eigenvalue weighted by Crippen LogP contribution is -2.32. The number of aliphatic carboxylic acids is 1. The molecule has 0 radical (unpaired) electrons. The lowest BCUT2D eigenvalue weighted by atomic mass is 9.99. The topological polar surface area (TPSA) is 75.6 Å². The number of rotatable bonds is 5. The molecule has 5 heteroatoms. The number of carboxylic acids is 1. The SMILES string of the molecule is C=C/C=C(/C(=O)O)c1ccccc1CNC(=O)OC(C)(C)C. The third-order valence-electron chi connectivity index (χ3n) is 2.64. The van der Waals surface area contributed by atoms with E-state index in [4.69, 9.17) is 4.74 Å². The molecule has 0 bridgehead atoms. The summed E-state index contributed by atoms with van der Waals surface area (Å²) in [5.74, 6) is -1.05. The molecule has 1 aromatic rings. The van der Waals surface area contributed by atoms with Crippen LogP contribution < -0.4 is 5.32 Å². The number of amides is 1. The summed E-state index contributed by atoms with van der Waals surface area (Å²) in [5, 5.41) is 11.9. The van der Waals surface area contributed by atoms with Crippen LogP contribution in [0.5, 0.6) is 0 Å². The fourth-order valence-electron chi connectivity index (χ4n) is 1.81. The summed E-state index contributed by atoms with van der Waals surface area (Å²) in [4.78, 5) is 23.0. The van der Waals surface area contributed by atoms with E-state index in [2.05, 4.69) is 11.9 Å². The highest BCUT2D eigenvalue weighted by atomic mass is 16.6. The van der Waals surface area contributed by atoms with Crippen LogP contribution in [0, 0.1) is 0 Å². The minimum Gasteiger partial charge on any atom is -0.478 e. The lowest BCUT2D eigenvalue weighted by Gasteiger charge is -2.20. The van der Waals surface area contributed by atoms with Crippen LogP contribution in [0.3, 0.4) is 0 Å². The number of benzene rings is 1. The zero-order chi connectivity index (χ0) is 16.8. The Labute approximate surface area is 130 Å². The molecular formula is C17H21NO4. The number of hydrogen-bond acceptors (Lipinski definition) is 3. The average molecular weight is 303 g/mol. The third-order valence-corrected chi connectivity index (χ3v) is 2.64. The molecule has 1 aromatic carbocycles. The van der Waals surface area contributed by atoms with Gasteiger partial charge in [-0.15, -0.1) is 0 Å². The Bertz CT molecular complexity index is 597. The van der Waals surface area contributed by atoms with Crippen LogP contribution in [0.1, 0.15) is 31.9 Å². The summed E-state index contributed by atoms with van der Waals surface area (Å²) in [5.41, 5.74) is 0.755. The van der Waals surface area contributed by atoms with Gasteiger partial charge in [0, 0.05) is 6.54 Å². The molecule has 5 nitrogen and oxygen atoms in total. The molecule has 0 fully saturated rings. The van der Waals surface area contributed by atoms with Gasteiger partial charge in [0.2, 0.25) is 0 Å². The number of carbonyl (C=O) groups is 2. The summed E-state index contributed by atoms with van der Waals surface area (Å²) in [6.45, 7) is 9.02. The first kappa shape index (κ1) is 17.5. The van der Waals surface area contributed by atoms with Crippen LogP contribution in [0.15, 0.2) is 43.0 Å². The molecular weight excluding hydrogens is 282 g/mol. The second-order valence-electron chi connectivity index (χ2n) is 5.63. The number of hydrogen-bond donors (Lipinski definition) is 2. The van der Waals surface area contributed by atoms with Crippen molar-refractivity contribution in [2.75, 3.05) is 0 Å². The van der Waals surface area contributed by atoms with Crippen LogP contribution in [0.4, 0.5) is 4.79 Å². The summed E-state index contributed by atoms with van der Waals surface area (Å²) in [6.07, 6.45) is 2.29. The highest BCUT2D eigenvalue weighted by Gasteiger charge is 2.17. The number of nitrogens with one attached hydrogen (secondary N) is 1. The molecule has 0 atom stereocenters. The molecule has 1 amide bonds. The van der Waals surface area contributed by atoms with E-state index in [1.54, 1.807) is 45.0 Å². The largest absolute Gasteiger partial charge is 0.478 e. The van der Waals surface area contributed by atoms with Gasteiger partial charge in [-0.05, 0) is 38.0 Å². The van der Waals surface area contributed by atoms with Gasteiger partial charge in [0.1, 0.15) is 5.60 Å². The fourth-order valence-corrected chi connectivity index (χ4v) is 1.81. The minimum absolute atomic E-state index is 0.122. The number of alkyl carbamates (subject to hydrolysis) is 1. The number of carbonyl (C=O) groups excluding carboxylic acids is 1. The summed E-state index contributed by atoms with van der Waals surface area (Å²) >= 11 is 0. The van der Waals surface area contributed by atoms with Crippen molar-refractivity contribution in [1.82, 2.24) is 5.32 Å². The van der Waals surface area contributed by atoms with Gasteiger partial charge in [-0.25, -0.2) is 9.59 Å². The maximum Gasteiger partial charge on any atom is 0.407 e. The normalized spacial score (nSPS) is 11.7. The van der Waals surface area contributed by atoms with Crippen LogP contribution in [0.25, 0.3) is 5.57 Å². The van der Waals surface area contributed by atoms with Gasteiger partial charge in [-0.3, -0.25) is 0 Å². The molecule has 0 aliphatic heterocycles. The van der Waals surface area contributed by atoms with Gasteiger partial charge < -0.3 is 15.2 Å². The zero-order valence-corrected chi connectivity index (χ0v) is 13.1. The van der Waals surface area contributed by atoms with E-state index in [9.17, 15) is 14.7 Å². The Morgan fingerprint density at radius 3 is 2.50 bits per heavy atom. The van der Waals surface area contributed by atoms with Crippen molar-refractivity contribution in [3.05, 3.63) is 54.1 Å². The highest BCUT2D eigenvalue weighted by Crippen LogP contribution is 2.20. The molecule has 0 heterocycles. The first-order valence-electron chi connectivity index (χ1n) is 6.85. The predicted molar refractivity (Wildman–Crippen MR) is 85.3 cm³/mol. The Morgan fingerprint density at radius 1 is 1.32 bits per heavy atom. The van der Waals surface area contributed by atoms with Gasteiger partial charge >= 0.3 is 12.1 Å². The summed E-state index contributed by atoms with van der Waals surface area (Å²) < 4.78 is 5.16. The Hall–Kier alpha value is -2.56. The molecule has 0 aliphatic rings. The van der Waals surface area contributed by atoms with Crippen molar-refractivity contribution >= 4 is 17.6 Å². The van der Waals surface area contributed by atoms with Gasteiger partial charge in [-0.2, -0.15) is 0 Å². The van der Waals surface area contributed by atoms with Crippen molar-refractivity contribution in [1.29, 1.82) is 0 Å². The maximum absolute atomic E-state index is 11.7. The van der Waals surface area contributed by atoms with Crippen molar-refractivity contribution in [2.45, 2.75) is 32.9 Å². The summed E-state index contributed by atoms with van der Waals surface area (Å²) in [6, 6.07) is 6.97. The molecule has 0 spiro atoms.